The van der Waals surface area contributed by atoms with Crippen molar-refractivity contribution in [3.63, 3.8) is 0 Å². The third-order valence-corrected chi connectivity index (χ3v) is 4.59. The Labute approximate surface area is 166 Å². The van der Waals surface area contributed by atoms with Gasteiger partial charge in [0, 0.05) is 5.56 Å². The van der Waals surface area contributed by atoms with Crippen LogP contribution in [0.4, 0.5) is 18.9 Å². The number of para-hydroxylation sites is 1. The molecule has 2 N–H and O–H groups in total. The second-order valence-electron chi connectivity index (χ2n) is 6.95. The highest BCUT2D eigenvalue weighted by Crippen LogP contribution is 2.34. The van der Waals surface area contributed by atoms with E-state index in [0.717, 1.165) is 33.1 Å². The number of halogens is 3. The minimum Gasteiger partial charge on any atom is -0.497 e. The molecule has 1 unspecified atom stereocenters. The molecule has 0 saturated heterocycles. The number of amides is 1. The van der Waals surface area contributed by atoms with Crippen LogP contribution in [0.25, 0.3) is 10.8 Å². The van der Waals surface area contributed by atoms with E-state index in [2.05, 4.69) is 5.32 Å². The topological polar surface area (TPSA) is 42.8 Å². The summed E-state index contributed by atoms with van der Waals surface area (Å²) in [5.41, 5.74) is -0.0444. The summed E-state index contributed by atoms with van der Waals surface area (Å²) in [6.45, 7) is 0.614. The third-order valence-electron chi connectivity index (χ3n) is 4.59. The lowest BCUT2D eigenvalue weighted by atomic mass is 10.1. The molecular weight excluding hydrogens is 381 g/mol. The largest absolute Gasteiger partial charge is 0.497 e. The van der Waals surface area contributed by atoms with Gasteiger partial charge in [0.2, 0.25) is 0 Å². The van der Waals surface area contributed by atoms with Gasteiger partial charge in [-0.15, -0.1) is 0 Å². The third kappa shape index (κ3) is 5.26. The van der Waals surface area contributed by atoms with Crippen LogP contribution >= 0.6 is 0 Å². The number of hydrogen-bond donors (Lipinski definition) is 2. The van der Waals surface area contributed by atoms with Crippen molar-refractivity contribution in [1.29, 1.82) is 0 Å². The zero-order chi connectivity index (χ0) is 21.0. The van der Waals surface area contributed by atoms with Crippen molar-refractivity contribution in [2.24, 2.45) is 0 Å². The fourth-order valence-electron chi connectivity index (χ4n) is 3.23. The molecule has 3 rings (SSSR count). The van der Waals surface area contributed by atoms with Gasteiger partial charge < -0.3 is 15.0 Å². The quantitative estimate of drug-likeness (QED) is 0.662. The first-order valence-corrected chi connectivity index (χ1v) is 9.10. The van der Waals surface area contributed by atoms with Crippen molar-refractivity contribution in [3.05, 3.63) is 71.8 Å². The normalized spacial score (nSPS) is 12.6. The molecule has 0 fully saturated rings. The summed E-state index contributed by atoms with van der Waals surface area (Å²) >= 11 is 0. The number of alkyl halides is 3. The molecule has 0 bridgehead atoms. The van der Waals surface area contributed by atoms with Crippen LogP contribution in [0.3, 0.4) is 0 Å². The Hall–Kier alpha value is -3.06. The van der Waals surface area contributed by atoms with Crippen LogP contribution in [0.5, 0.6) is 5.75 Å². The number of benzene rings is 3. The zero-order valence-corrected chi connectivity index (χ0v) is 16.1. The fraction of sp³-hybridized carbons (Fsp3) is 0.227. The Morgan fingerprint density at radius 2 is 1.72 bits per heavy atom. The lowest BCUT2D eigenvalue weighted by Gasteiger charge is -2.16. The van der Waals surface area contributed by atoms with Crippen LogP contribution in [-0.2, 0) is 17.5 Å². The van der Waals surface area contributed by atoms with E-state index in [-0.39, 0.29) is 12.2 Å². The molecule has 0 aliphatic carbocycles. The SMILES string of the molecule is COc1ccc2cc(C[NH+](C)CC(=O)Nc3ccccc3C(F)(F)F)ccc2c1. The Kier molecular flexibility index (Phi) is 6.08. The number of anilines is 1. The van der Waals surface area contributed by atoms with Crippen molar-refractivity contribution in [1.82, 2.24) is 0 Å². The van der Waals surface area contributed by atoms with Crippen molar-refractivity contribution in [3.8, 4) is 5.75 Å². The predicted octanol–water partition coefficient (Wildman–Crippen LogP) is 3.52. The van der Waals surface area contributed by atoms with Gasteiger partial charge in [0.1, 0.15) is 12.3 Å². The first kappa shape index (κ1) is 20.7. The van der Waals surface area contributed by atoms with E-state index in [9.17, 15) is 18.0 Å². The highest BCUT2D eigenvalue weighted by atomic mass is 19.4. The first-order valence-electron chi connectivity index (χ1n) is 9.10. The van der Waals surface area contributed by atoms with Crippen LogP contribution < -0.4 is 15.0 Å². The van der Waals surface area contributed by atoms with Crippen molar-refractivity contribution < 1.29 is 27.6 Å². The van der Waals surface area contributed by atoms with E-state index in [4.69, 9.17) is 4.74 Å². The van der Waals surface area contributed by atoms with Gasteiger partial charge in [-0.05, 0) is 41.1 Å². The molecule has 0 spiro atoms. The van der Waals surface area contributed by atoms with E-state index >= 15 is 0 Å². The van der Waals surface area contributed by atoms with Crippen molar-refractivity contribution in [2.75, 3.05) is 26.0 Å². The lowest BCUT2D eigenvalue weighted by Crippen LogP contribution is -3.08. The van der Waals surface area contributed by atoms with Gasteiger partial charge in [-0.3, -0.25) is 4.79 Å². The first-order chi connectivity index (χ1) is 13.8. The molecular formula is C22H22F3N2O2+. The number of ether oxygens (including phenoxy) is 1. The molecule has 1 amide bonds. The summed E-state index contributed by atoms with van der Waals surface area (Å²) < 4.78 is 44.4. The van der Waals surface area contributed by atoms with E-state index in [0.29, 0.717) is 6.54 Å². The van der Waals surface area contributed by atoms with Gasteiger partial charge in [-0.25, -0.2) is 0 Å². The molecule has 29 heavy (non-hydrogen) atoms. The van der Waals surface area contributed by atoms with Crippen molar-refractivity contribution in [2.45, 2.75) is 12.7 Å². The van der Waals surface area contributed by atoms with Crippen LogP contribution in [0, 0.1) is 0 Å². The standard InChI is InChI=1S/C22H21F3N2O2/c1-27(13-15-7-8-17-12-18(29-2)10-9-16(17)11-15)14-21(28)26-20-6-4-3-5-19(20)22(23,24)25/h3-12H,13-14H2,1-2H3,(H,26,28)/p+1. The van der Waals surface area contributed by atoms with Gasteiger partial charge in [-0.2, -0.15) is 13.2 Å². The second kappa shape index (κ2) is 8.53. The fourth-order valence-corrected chi connectivity index (χ4v) is 3.23. The number of nitrogens with one attached hydrogen (secondary N) is 2. The molecule has 0 aliphatic rings. The van der Waals surface area contributed by atoms with Gasteiger partial charge in [0.15, 0.2) is 6.54 Å². The Bertz CT molecular complexity index is 1020. The molecule has 0 radical (unpaired) electrons. The molecule has 7 heteroatoms. The molecule has 3 aromatic carbocycles. The number of hydrogen-bond acceptors (Lipinski definition) is 2. The predicted molar refractivity (Wildman–Crippen MR) is 106 cm³/mol. The van der Waals surface area contributed by atoms with Crippen molar-refractivity contribution >= 4 is 22.4 Å². The molecule has 4 nitrogen and oxygen atoms in total. The highest BCUT2D eigenvalue weighted by Gasteiger charge is 2.33. The zero-order valence-electron chi connectivity index (χ0n) is 16.1. The highest BCUT2D eigenvalue weighted by molar-refractivity contribution is 5.92. The maximum absolute atomic E-state index is 13.1. The number of rotatable bonds is 6. The molecule has 0 aliphatic heterocycles. The van der Waals surface area contributed by atoms with Gasteiger partial charge in [0.25, 0.3) is 5.91 Å². The van der Waals surface area contributed by atoms with Crippen LogP contribution in [0.15, 0.2) is 60.7 Å². The Balaban J connectivity index is 1.64. The molecule has 0 saturated carbocycles. The van der Waals surface area contributed by atoms with Crippen LogP contribution in [0.2, 0.25) is 0 Å². The summed E-state index contributed by atoms with van der Waals surface area (Å²) in [6, 6.07) is 16.8. The number of fused-ring (bicyclic) bond motifs is 1. The number of carbonyl (C=O) groups excluding carboxylic acids is 1. The second-order valence-corrected chi connectivity index (χ2v) is 6.95. The number of quaternary nitrogens is 1. The average Bonchev–Trinajstić information content (AvgIpc) is 2.66. The van der Waals surface area contributed by atoms with E-state index in [1.165, 1.54) is 18.2 Å². The minimum atomic E-state index is -4.52. The molecule has 0 heterocycles. The summed E-state index contributed by atoms with van der Waals surface area (Å²) in [6.07, 6.45) is -4.52. The smallest absolute Gasteiger partial charge is 0.418 e. The molecule has 1 atom stereocenters. The minimum absolute atomic E-state index is 0.0485. The van der Waals surface area contributed by atoms with Gasteiger partial charge in [0.05, 0.1) is 25.4 Å². The number of carbonyl (C=O) groups is 1. The molecule has 152 valence electrons. The summed E-state index contributed by atoms with van der Waals surface area (Å²) in [5.74, 6) is 0.313. The van der Waals surface area contributed by atoms with E-state index < -0.39 is 17.6 Å². The average molecular weight is 403 g/mol. The maximum Gasteiger partial charge on any atom is 0.418 e. The van der Waals surface area contributed by atoms with E-state index in [1.807, 2.05) is 43.4 Å². The van der Waals surface area contributed by atoms with Gasteiger partial charge in [-0.1, -0.05) is 30.3 Å². The molecule has 0 aromatic heterocycles. The maximum atomic E-state index is 13.1. The number of likely N-dealkylation sites (N-methyl/N-ethyl adjacent to an activating group) is 1. The summed E-state index contributed by atoms with van der Waals surface area (Å²) in [7, 11) is 3.44. The summed E-state index contributed by atoms with van der Waals surface area (Å²) in [5, 5.41) is 4.49. The lowest BCUT2D eigenvalue weighted by molar-refractivity contribution is -0.885. The molecule has 3 aromatic rings. The van der Waals surface area contributed by atoms with E-state index in [1.54, 1.807) is 7.11 Å². The van der Waals surface area contributed by atoms with Crippen LogP contribution in [-0.4, -0.2) is 26.6 Å². The summed E-state index contributed by atoms with van der Waals surface area (Å²) in [4.78, 5) is 13.1. The Morgan fingerprint density at radius 1 is 1.03 bits per heavy atom. The van der Waals surface area contributed by atoms with Gasteiger partial charge >= 0.3 is 6.18 Å². The number of methoxy groups -OCH3 is 1. The van der Waals surface area contributed by atoms with Crippen LogP contribution in [0.1, 0.15) is 11.1 Å². The monoisotopic (exact) mass is 403 g/mol. The Morgan fingerprint density at radius 3 is 2.45 bits per heavy atom.